The number of nitrogens with zero attached hydrogens (tertiary/aromatic N) is 5. The number of benzene rings is 6. The number of ether oxygens (including phenoxy) is 8. The van der Waals surface area contributed by atoms with Crippen molar-refractivity contribution in [3.05, 3.63) is 137 Å². The summed E-state index contributed by atoms with van der Waals surface area (Å²) in [6.07, 6.45) is 0. The first-order chi connectivity index (χ1) is 37.5. The van der Waals surface area contributed by atoms with E-state index in [1.165, 1.54) is 11.0 Å². The number of rotatable bonds is 8. The minimum atomic E-state index is -1.44. The quantitative estimate of drug-likeness (QED) is 0.0583. The van der Waals surface area contributed by atoms with Gasteiger partial charge in [0.05, 0.1) is 22.9 Å². The molecule has 12 rings (SSSR count). The summed E-state index contributed by atoms with van der Waals surface area (Å²) < 4.78 is 62.4. The Morgan fingerprint density at radius 1 is 0.744 bits per heavy atom. The van der Waals surface area contributed by atoms with Crippen LogP contribution in [0.1, 0.15) is 44.9 Å². The van der Waals surface area contributed by atoms with Gasteiger partial charge in [-0.25, -0.2) is 10.2 Å². The van der Waals surface area contributed by atoms with Crippen LogP contribution >= 0.6 is 36.7 Å². The molecule has 1 atom stereocenters. The van der Waals surface area contributed by atoms with Crippen molar-refractivity contribution < 1.29 is 112 Å². The molecule has 0 spiro atoms. The van der Waals surface area contributed by atoms with Crippen molar-refractivity contribution in [1.82, 2.24) is 14.9 Å². The van der Waals surface area contributed by atoms with Gasteiger partial charge in [0, 0.05) is 78.3 Å². The number of hydrogen-bond acceptors (Lipinski definition) is 17. The molecule has 24 heteroatoms. The fourth-order valence-corrected chi connectivity index (χ4v) is 9.44. The van der Waals surface area contributed by atoms with Gasteiger partial charge in [-0.15, -0.1) is 0 Å². The fourth-order valence-electron chi connectivity index (χ4n) is 8.54. The Morgan fingerprint density at radius 2 is 1.26 bits per heavy atom. The Morgan fingerprint density at radius 3 is 1.81 bits per heavy atom. The third-order valence-electron chi connectivity index (χ3n) is 11.9. The molecule has 6 heterocycles. The zero-order chi connectivity index (χ0) is 54.8. The molecule has 0 aliphatic carbocycles. The van der Waals surface area contributed by atoms with Gasteiger partial charge in [-0.1, -0.05) is 66.1 Å². The molecule has 0 saturated carbocycles. The molecule has 5 aliphatic heterocycles. The first-order valence-corrected chi connectivity index (χ1v) is 26.6. The minimum absolute atomic E-state index is 0. The Hall–Kier alpha value is -6.07. The number of anilines is 3. The van der Waals surface area contributed by atoms with Crippen LogP contribution in [0.5, 0.6) is 46.0 Å². The summed E-state index contributed by atoms with van der Waals surface area (Å²) >= 11 is 18.2. The number of nitrogens with two attached hydrogens (primary N) is 1. The van der Waals surface area contributed by atoms with Crippen molar-refractivity contribution in [1.29, 1.82) is 5.26 Å². The van der Waals surface area contributed by atoms with E-state index in [2.05, 4.69) is 72.1 Å². The van der Waals surface area contributed by atoms with Gasteiger partial charge in [0.1, 0.15) is 0 Å². The van der Waals surface area contributed by atoms with E-state index in [4.69, 9.17) is 93.2 Å². The van der Waals surface area contributed by atoms with Crippen molar-refractivity contribution in [2.45, 2.75) is 40.3 Å². The van der Waals surface area contributed by atoms with Crippen LogP contribution in [-0.4, -0.2) is 66.6 Å². The van der Waals surface area contributed by atoms with Crippen LogP contribution in [0, 0.1) is 15.4 Å². The maximum atomic E-state index is 8.41. The first kappa shape index (κ1) is 61.1. The van der Waals surface area contributed by atoms with Crippen LogP contribution in [0.2, 0.25) is 0 Å². The van der Waals surface area contributed by atoms with Gasteiger partial charge in [-0.2, -0.15) is 0 Å². The molecule has 6 aromatic carbocycles. The van der Waals surface area contributed by atoms with Crippen LogP contribution < -0.4 is 115 Å². The SMILES string of the molecule is CCN(C(N)=S)c1ccc2c(c1)OCO2.CCN1C(=S)NC(c2ccccc2)c2cc3c(cc21)OCO3.CCNc1ccc2c(c1)OCO2.CCn1c(=S)nc(-c2ccccc2)c2cc3c(cc21)OCO3.N#C[S-].[K+].[O]=[Mn]=[O]. The van der Waals surface area contributed by atoms with Gasteiger partial charge in [0.25, 0.3) is 0 Å². The van der Waals surface area contributed by atoms with Crippen LogP contribution in [0.3, 0.4) is 0 Å². The second-order valence-electron chi connectivity index (χ2n) is 16.3. The summed E-state index contributed by atoms with van der Waals surface area (Å²) in [4.78, 5) is 8.57. The predicted octanol–water partition coefficient (Wildman–Crippen LogP) is 7.51. The molecule has 401 valence electrons. The van der Waals surface area contributed by atoms with Crippen molar-refractivity contribution in [2.24, 2.45) is 5.73 Å². The summed E-state index contributed by atoms with van der Waals surface area (Å²) in [6.45, 7) is 12.6. The topological polar surface area (TPSA) is 206 Å². The number of nitrogens with one attached hydrogen (secondary N) is 2. The third kappa shape index (κ3) is 15.0. The van der Waals surface area contributed by atoms with E-state index in [9.17, 15) is 0 Å². The molecule has 78 heavy (non-hydrogen) atoms. The number of thiocarbonyl (C=S) groups is 2. The van der Waals surface area contributed by atoms with E-state index in [1.54, 1.807) is 0 Å². The molecular weight excluding hydrogens is 1140 g/mol. The fraction of sp³-hybridized carbons (Fsp3) is 0.241. The van der Waals surface area contributed by atoms with E-state index >= 15 is 0 Å². The summed E-state index contributed by atoms with van der Waals surface area (Å²) in [5.41, 5.74) is 14.0. The Balaban J connectivity index is 0.000000166. The summed E-state index contributed by atoms with van der Waals surface area (Å²) in [5, 5.41) is 17.2. The van der Waals surface area contributed by atoms with Crippen LogP contribution in [0.25, 0.3) is 22.2 Å². The molecule has 0 radical (unpaired) electrons. The molecule has 0 fully saturated rings. The standard InChI is InChI=1S/C17H16N2O2S.C17H14N2O2S.C10H12N2O2S.C9H11NO2.CHNS.K.Mn.2O/c2*1-2-19-13-9-15-14(20-10-21-15)8-12(13)16(18-17(19)22)11-6-4-3-5-7-11;1-2-12(10(11)15)7-3-4-8-9(5-7)14-6-13-8;1-2-10-7-3-4-8-9(5-7)12-6-11-8;2-1-3;;;;/h3-9,16H,2,10H2,1H3,(H,18,22);3-9H,2,10H2,1H3;3-5H,2,6H2,1H3,(H2,11,15);3-5,10H,2,6H2,1H3;3H;;;;/q;;;;;+1;;;/p-1. The Labute approximate surface area is 521 Å². The summed E-state index contributed by atoms with van der Waals surface area (Å²) in [5.74, 6) is 6.25. The van der Waals surface area contributed by atoms with Crippen LogP contribution in [0.15, 0.2) is 121 Å². The van der Waals surface area contributed by atoms with E-state index in [0.717, 1.165) is 122 Å². The normalized spacial score (nSPS) is 13.6. The predicted molar refractivity (Wildman–Crippen MR) is 301 cm³/mol. The van der Waals surface area contributed by atoms with Crippen LogP contribution in [0.4, 0.5) is 17.1 Å². The van der Waals surface area contributed by atoms with Crippen molar-refractivity contribution >= 4 is 87.5 Å². The van der Waals surface area contributed by atoms with Gasteiger partial charge in [0.15, 0.2) is 56.2 Å². The number of nitriles is 1. The number of thiocyanates is 1. The molecule has 1 unspecified atom stereocenters. The average molecular weight is 1200 g/mol. The van der Waals surface area contributed by atoms with Gasteiger partial charge in [-0.3, -0.25) is 0 Å². The Kier molecular flexibility index (Phi) is 23.8. The Bertz CT molecular complexity index is 3360. The van der Waals surface area contributed by atoms with Gasteiger partial charge < -0.3 is 81.3 Å². The van der Waals surface area contributed by atoms with Gasteiger partial charge >= 0.3 is 73.9 Å². The third-order valence-corrected chi connectivity index (χ3v) is 12.8. The second kappa shape index (κ2) is 30.3. The molecule has 7 aromatic rings. The molecule has 0 bridgehead atoms. The van der Waals surface area contributed by atoms with Gasteiger partial charge in [-0.05, 0) is 106 Å². The maximum absolute atomic E-state index is 8.41. The molecule has 0 saturated heterocycles. The monoisotopic (exact) mass is 1200 g/mol. The van der Waals surface area contributed by atoms with Crippen molar-refractivity contribution in [3.63, 3.8) is 0 Å². The van der Waals surface area contributed by atoms with E-state index < -0.39 is 14.8 Å². The molecule has 0 amide bonds. The molecular formula is C54H53KMnN8O10S4. The number of aromatic nitrogens is 2. The van der Waals surface area contributed by atoms with E-state index in [1.807, 2.05) is 120 Å². The second-order valence-corrected chi connectivity index (χ2v) is 17.8. The van der Waals surface area contributed by atoms with Crippen molar-refractivity contribution in [2.75, 3.05) is 61.9 Å². The zero-order valence-corrected chi connectivity index (χ0v) is 50.8. The summed E-state index contributed by atoms with van der Waals surface area (Å²) in [7, 11) is 0. The first-order valence-electron chi connectivity index (χ1n) is 24.0. The molecule has 4 N–H and O–H groups in total. The van der Waals surface area contributed by atoms with E-state index in [0.29, 0.717) is 16.7 Å². The number of fused-ring (bicyclic) bond motifs is 6. The zero-order valence-electron chi connectivity index (χ0n) is 43.2. The van der Waals surface area contributed by atoms with Gasteiger partial charge in [0.2, 0.25) is 31.9 Å². The average Bonchev–Trinajstić information content (AvgIpc) is 4.32. The van der Waals surface area contributed by atoms with E-state index in [-0.39, 0.29) is 77.8 Å². The van der Waals surface area contributed by atoms with Crippen LogP contribution in [-0.2, 0) is 41.7 Å². The molecule has 1 aromatic heterocycles. The molecule has 5 aliphatic rings. The molecule has 18 nitrogen and oxygen atoms in total. The van der Waals surface area contributed by atoms with Crippen molar-refractivity contribution in [3.8, 4) is 62.7 Å². The number of hydrogen-bond donors (Lipinski definition) is 3. The summed E-state index contributed by atoms with van der Waals surface area (Å²) in [6, 6.07) is 40.0. The number of aryl methyl sites for hydroxylation is 1.